The summed E-state index contributed by atoms with van der Waals surface area (Å²) < 4.78 is 4.71. The number of hydrogen-bond donors (Lipinski definition) is 1. The largest absolute Gasteiger partial charge is 0.466 e. The molecule has 0 fully saturated rings. The van der Waals surface area contributed by atoms with Crippen LogP contribution in [0.5, 0.6) is 0 Å². The normalized spacial score (nSPS) is 10.1. The second-order valence-electron chi connectivity index (χ2n) is 3.36. The molecule has 1 N–H and O–H groups in total. The van der Waals surface area contributed by atoms with Crippen LogP contribution in [0.25, 0.3) is 0 Å². The second kappa shape index (κ2) is 4.77. The lowest BCUT2D eigenvalue weighted by Crippen LogP contribution is -2.11. The Hall–Kier alpha value is -1.58. The number of aryl methyl sites for hydroxylation is 1. The third kappa shape index (κ3) is 2.68. The van der Waals surface area contributed by atoms with Crippen molar-refractivity contribution in [2.24, 2.45) is 0 Å². The van der Waals surface area contributed by atoms with Gasteiger partial charge in [-0.25, -0.2) is 0 Å². The number of aromatic amines is 1. The standard InChI is InChI=1S/C11H15NO3/c1-4-15-11(14)5-10(13)9-6-12-8(3)7(9)2/h6,12H,4-5H2,1-3H3. The van der Waals surface area contributed by atoms with Gasteiger partial charge in [-0.05, 0) is 26.3 Å². The summed E-state index contributed by atoms with van der Waals surface area (Å²) in [7, 11) is 0. The van der Waals surface area contributed by atoms with Crippen molar-refractivity contribution in [3.05, 3.63) is 23.0 Å². The van der Waals surface area contributed by atoms with Gasteiger partial charge in [-0.15, -0.1) is 0 Å². The first-order valence-corrected chi connectivity index (χ1v) is 4.89. The lowest BCUT2D eigenvalue weighted by Gasteiger charge is -2.00. The van der Waals surface area contributed by atoms with Crippen molar-refractivity contribution in [2.45, 2.75) is 27.2 Å². The number of hydrogen-bond acceptors (Lipinski definition) is 3. The summed E-state index contributed by atoms with van der Waals surface area (Å²) in [4.78, 5) is 25.7. The number of ether oxygens (including phenoxy) is 1. The molecule has 0 unspecified atom stereocenters. The van der Waals surface area contributed by atoms with Crippen molar-refractivity contribution in [3.63, 3.8) is 0 Å². The molecule has 0 amide bonds. The molecule has 1 heterocycles. The summed E-state index contributed by atoms with van der Waals surface area (Å²) in [6.45, 7) is 5.76. The molecule has 0 saturated heterocycles. The predicted octanol–water partition coefficient (Wildman–Crippen LogP) is 1.77. The predicted molar refractivity (Wildman–Crippen MR) is 55.8 cm³/mol. The van der Waals surface area contributed by atoms with Gasteiger partial charge in [0, 0.05) is 17.5 Å². The molecule has 4 heteroatoms. The number of rotatable bonds is 4. The minimum Gasteiger partial charge on any atom is -0.466 e. The molecular weight excluding hydrogens is 194 g/mol. The van der Waals surface area contributed by atoms with Crippen molar-refractivity contribution in [2.75, 3.05) is 6.61 Å². The van der Waals surface area contributed by atoms with Gasteiger partial charge in [0.05, 0.1) is 6.61 Å². The van der Waals surface area contributed by atoms with Gasteiger partial charge >= 0.3 is 5.97 Å². The molecule has 1 aromatic heterocycles. The van der Waals surface area contributed by atoms with Gasteiger partial charge in [-0.2, -0.15) is 0 Å². The van der Waals surface area contributed by atoms with Gasteiger partial charge in [0.2, 0.25) is 0 Å². The van der Waals surface area contributed by atoms with Crippen LogP contribution in [0.15, 0.2) is 6.20 Å². The maximum Gasteiger partial charge on any atom is 0.313 e. The number of carbonyl (C=O) groups is 2. The van der Waals surface area contributed by atoms with Gasteiger partial charge in [-0.3, -0.25) is 9.59 Å². The lowest BCUT2D eigenvalue weighted by atomic mass is 10.1. The van der Waals surface area contributed by atoms with Crippen molar-refractivity contribution in [1.29, 1.82) is 0 Å². The number of esters is 1. The summed E-state index contributed by atoms with van der Waals surface area (Å²) in [5.41, 5.74) is 2.41. The van der Waals surface area contributed by atoms with Crippen LogP contribution in [-0.2, 0) is 9.53 Å². The van der Waals surface area contributed by atoms with Crippen LogP contribution in [0.3, 0.4) is 0 Å². The van der Waals surface area contributed by atoms with E-state index in [-0.39, 0.29) is 12.2 Å². The number of aromatic nitrogens is 1. The van der Waals surface area contributed by atoms with Crippen LogP contribution in [0.4, 0.5) is 0 Å². The van der Waals surface area contributed by atoms with E-state index in [1.807, 2.05) is 13.8 Å². The third-order valence-electron chi connectivity index (χ3n) is 2.31. The number of H-pyrrole nitrogens is 1. The molecule has 15 heavy (non-hydrogen) atoms. The molecule has 0 saturated carbocycles. The zero-order valence-electron chi connectivity index (χ0n) is 9.22. The van der Waals surface area contributed by atoms with Crippen LogP contribution in [0, 0.1) is 13.8 Å². The molecule has 0 aromatic carbocycles. The molecule has 0 spiro atoms. The van der Waals surface area contributed by atoms with Gasteiger partial charge in [0.1, 0.15) is 6.42 Å². The quantitative estimate of drug-likeness (QED) is 0.467. The van der Waals surface area contributed by atoms with E-state index in [9.17, 15) is 9.59 Å². The first-order valence-electron chi connectivity index (χ1n) is 4.89. The Labute approximate surface area is 88.6 Å². The zero-order chi connectivity index (χ0) is 11.4. The van der Waals surface area contributed by atoms with Gasteiger partial charge in [0.15, 0.2) is 5.78 Å². The van der Waals surface area contributed by atoms with E-state index in [0.29, 0.717) is 12.2 Å². The Balaban J connectivity index is 2.69. The topological polar surface area (TPSA) is 59.2 Å². The minimum absolute atomic E-state index is 0.189. The van der Waals surface area contributed by atoms with E-state index in [1.54, 1.807) is 13.1 Å². The zero-order valence-corrected chi connectivity index (χ0v) is 9.22. The SMILES string of the molecule is CCOC(=O)CC(=O)c1c[nH]c(C)c1C. The summed E-state index contributed by atoms with van der Waals surface area (Å²) in [5, 5.41) is 0. The highest BCUT2D eigenvalue weighted by Crippen LogP contribution is 2.13. The number of Topliss-reactive ketones (excluding diaryl/α,β-unsaturated/α-hetero) is 1. The molecular formula is C11H15NO3. The smallest absolute Gasteiger partial charge is 0.313 e. The first-order chi connectivity index (χ1) is 7.06. The van der Waals surface area contributed by atoms with E-state index in [2.05, 4.69) is 4.98 Å². The highest BCUT2D eigenvalue weighted by molar-refractivity contribution is 6.06. The fourth-order valence-corrected chi connectivity index (χ4v) is 1.33. The van der Waals surface area contributed by atoms with Crippen molar-refractivity contribution < 1.29 is 14.3 Å². The monoisotopic (exact) mass is 209 g/mol. The molecule has 0 bridgehead atoms. The summed E-state index contributed by atoms with van der Waals surface area (Å²) in [6, 6.07) is 0. The average molecular weight is 209 g/mol. The summed E-state index contributed by atoms with van der Waals surface area (Å²) in [6.07, 6.45) is 1.44. The Bertz CT molecular complexity index is 379. The van der Waals surface area contributed by atoms with Crippen LogP contribution in [0.2, 0.25) is 0 Å². The highest BCUT2D eigenvalue weighted by atomic mass is 16.5. The molecule has 0 atom stereocenters. The van der Waals surface area contributed by atoms with Crippen LogP contribution in [-0.4, -0.2) is 23.3 Å². The summed E-state index contributed by atoms with van der Waals surface area (Å²) >= 11 is 0. The molecule has 82 valence electrons. The Morgan fingerprint density at radius 3 is 2.53 bits per heavy atom. The lowest BCUT2D eigenvalue weighted by molar-refractivity contribution is -0.141. The van der Waals surface area contributed by atoms with Crippen molar-refractivity contribution in [3.8, 4) is 0 Å². The van der Waals surface area contributed by atoms with E-state index < -0.39 is 5.97 Å². The van der Waals surface area contributed by atoms with E-state index in [0.717, 1.165) is 11.3 Å². The molecule has 0 aliphatic rings. The maximum absolute atomic E-state index is 11.6. The van der Waals surface area contributed by atoms with Gasteiger partial charge in [-0.1, -0.05) is 0 Å². The maximum atomic E-state index is 11.6. The average Bonchev–Trinajstić information content (AvgIpc) is 2.48. The molecule has 1 aromatic rings. The fourth-order valence-electron chi connectivity index (χ4n) is 1.33. The van der Waals surface area contributed by atoms with Gasteiger partial charge in [0.25, 0.3) is 0 Å². The number of nitrogens with one attached hydrogen (secondary N) is 1. The number of carbonyl (C=O) groups excluding carboxylic acids is 2. The van der Waals surface area contributed by atoms with Crippen LogP contribution >= 0.6 is 0 Å². The molecule has 0 aliphatic carbocycles. The molecule has 0 aliphatic heterocycles. The van der Waals surface area contributed by atoms with Gasteiger partial charge < -0.3 is 9.72 Å². The van der Waals surface area contributed by atoms with Crippen molar-refractivity contribution in [1.82, 2.24) is 4.98 Å². The molecule has 0 radical (unpaired) electrons. The Morgan fingerprint density at radius 2 is 2.07 bits per heavy atom. The third-order valence-corrected chi connectivity index (χ3v) is 2.31. The summed E-state index contributed by atoms with van der Waals surface area (Å²) in [5.74, 6) is -0.670. The van der Waals surface area contributed by atoms with E-state index in [1.165, 1.54) is 0 Å². The Kier molecular flexibility index (Phi) is 3.66. The fraction of sp³-hybridized carbons (Fsp3) is 0.455. The van der Waals surface area contributed by atoms with Crippen LogP contribution < -0.4 is 0 Å². The molecule has 4 nitrogen and oxygen atoms in total. The van der Waals surface area contributed by atoms with Crippen LogP contribution in [0.1, 0.15) is 35.0 Å². The van der Waals surface area contributed by atoms with Crippen molar-refractivity contribution >= 4 is 11.8 Å². The Morgan fingerprint density at radius 1 is 1.40 bits per heavy atom. The first kappa shape index (κ1) is 11.5. The highest BCUT2D eigenvalue weighted by Gasteiger charge is 2.16. The van der Waals surface area contributed by atoms with E-state index in [4.69, 9.17) is 4.74 Å². The van der Waals surface area contributed by atoms with E-state index >= 15 is 0 Å². The number of ketones is 1. The second-order valence-corrected chi connectivity index (χ2v) is 3.36. The molecule has 1 rings (SSSR count). The minimum atomic E-state index is -0.472.